The summed E-state index contributed by atoms with van der Waals surface area (Å²) in [5.74, 6) is -0.0336. The summed E-state index contributed by atoms with van der Waals surface area (Å²) < 4.78 is 0. The van der Waals surface area contributed by atoms with Gasteiger partial charge in [-0.2, -0.15) is 0 Å². The summed E-state index contributed by atoms with van der Waals surface area (Å²) in [6.07, 6.45) is 5.04. The molecular formula is C8H12N2O. The minimum absolute atomic E-state index is 0.0336. The van der Waals surface area contributed by atoms with Crippen molar-refractivity contribution in [1.29, 1.82) is 0 Å². The van der Waals surface area contributed by atoms with Gasteiger partial charge in [0.15, 0.2) is 0 Å². The van der Waals surface area contributed by atoms with Crippen LogP contribution in [0.2, 0.25) is 0 Å². The van der Waals surface area contributed by atoms with E-state index >= 15 is 0 Å². The Kier molecular flexibility index (Phi) is 2.41. The van der Waals surface area contributed by atoms with Crippen molar-refractivity contribution in [3.8, 4) is 0 Å². The molecule has 1 rings (SSSR count). The van der Waals surface area contributed by atoms with E-state index in [0.29, 0.717) is 6.54 Å². The van der Waals surface area contributed by atoms with Crippen LogP contribution in [0.5, 0.6) is 0 Å². The van der Waals surface area contributed by atoms with Gasteiger partial charge < -0.3 is 4.90 Å². The highest BCUT2D eigenvalue weighted by Gasteiger charge is 2.12. The highest BCUT2D eigenvalue weighted by molar-refractivity contribution is 6.26. The number of carbonyl (C=O) groups is 1. The minimum atomic E-state index is -0.0336. The van der Waals surface area contributed by atoms with Crippen molar-refractivity contribution >= 4 is 12.1 Å². The van der Waals surface area contributed by atoms with Crippen LogP contribution in [0.15, 0.2) is 17.3 Å². The predicted molar refractivity (Wildman–Crippen MR) is 44.5 cm³/mol. The van der Waals surface area contributed by atoms with E-state index in [2.05, 4.69) is 4.99 Å². The van der Waals surface area contributed by atoms with E-state index in [0.717, 1.165) is 0 Å². The Labute approximate surface area is 66.4 Å². The van der Waals surface area contributed by atoms with Gasteiger partial charge in [0, 0.05) is 12.2 Å². The highest BCUT2D eigenvalue weighted by atomic mass is 16.2. The lowest BCUT2D eigenvalue weighted by atomic mass is 10.3. The molecule has 0 fully saturated rings. The van der Waals surface area contributed by atoms with E-state index in [4.69, 9.17) is 0 Å². The molecule has 0 aliphatic carbocycles. The van der Waals surface area contributed by atoms with Crippen LogP contribution in [0, 0.1) is 0 Å². The van der Waals surface area contributed by atoms with Crippen molar-refractivity contribution in [2.75, 3.05) is 6.54 Å². The molecule has 0 saturated carbocycles. The molecule has 0 aromatic heterocycles. The third kappa shape index (κ3) is 1.90. The Hall–Kier alpha value is -1.12. The quantitative estimate of drug-likeness (QED) is 0.547. The monoisotopic (exact) mass is 152 g/mol. The van der Waals surface area contributed by atoms with Crippen molar-refractivity contribution in [2.24, 2.45) is 4.99 Å². The summed E-state index contributed by atoms with van der Waals surface area (Å²) in [6, 6.07) is 0.211. The predicted octanol–water partition coefficient (Wildman–Crippen LogP) is 0.821. The standard InChI is InChI=1S/C8H12N2O/c1-7(2)10-5-3-4-9-6-8(10)11/h3,5-7H,4H2,1-2H3. The van der Waals surface area contributed by atoms with Gasteiger partial charge in [-0.1, -0.05) is 0 Å². The number of hydrogen-bond acceptors (Lipinski definition) is 2. The van der Waals surface area contributed by atoms with E-state index in [1.165, 1.54) is 6.21 Å². The normalized spacial score (nSPS) is 17.7. The molecule has 0 radical (unpaired) electrons. The Morgan fingerprint density at radius 3 is 3.00 bits per heavy atom. The lowest BCUT2D eigenvalue weighted by molar-refractivity contribution is -0.122. The largest absolute Gasteiger partial charge is 0.312 e. The van der Waals surface area contributed by atoms with Crippen LogP contribution in [0.3, 0.4) is 0 Å². The van der Waals surface area contributed by atoms with Gasteiger partial charge in [0.2, 0.25) is 0 Å². The van der Waals surface area contributed by atoms with Crippen LogP contribution in [-0.4, -0.2) is 29.6 Å². The summed E-state index contributed by atoms with van der Waals surface area (Å²) in [6.45, 7) is 4.55. The molecule has 0 aromatic carbocycles. The van der Waals surface area contributed by atoms with Gasteiger partial charge in [-0.15, -0.1) is 0 Å². The molecule has 0 N–H and O–H groups in total. The van der Waals surface area contributed by atoms with E-state index in [9.17, 15) is 4.79 Å². The zero-order valence-electron chi connectivity index (χ0n) is 6.82. The number of aliphatic imine (C=N–C) groups is 1. The van der Waals surface area contributed by atoms with Crippen LogP contribution in [0.4, 0.5) is 0 Å². The molecule has 1 aliphatic heterocycles. The number of amides is 1. The van der Waals surface area contributed by atoms with Crippen molar-refractivity contribution in [2.45, 2.75) is 19.9 Å². The third-order valence-electron chi connectivity index (χ3n) is 1.49. The molecule has 3 heteroatoms. The molecule has 0 atom stereocenters. The topological polar surface area (TPSA) is 32.7 Å². The van der Waals surface area contributed by atoms with Gasteiger partial charge in [-0.25, -0.2) is 0 Å². The van der Waals surface area contributed by atoms with Gasteiger partial charge in [0.1, 0.15) is 0 Å². The average Bonchev–Trinajstić information content (AvgIpc) is 2.13. The molecule has 0 unspecified atom stereocenters. The van der Waals surface area contributed by atoms with E-state index < -0.39 is 0 Å². The molecule has 1 heterocycles. The first kappa shape index (κ1) is 7.98. The molecule has 11 heavy (non-hydrogen) atoms. The number of nitrogens with zero attached hydrogens (tertiary/aromatic N) is 2. The van der Waals surface area contributed by atoms with Crippen LogP contribution in [0.1, 0.15) is 13.8 Å². The highest BCUT2D eigenvalue weighted by Crippen LogP contribution is 2.01. The van der Waals surface area contributed by atoms with E-state index in [-0.39, 0.29) is 11.9 Å². The zero-order chi connectivity index (χ0) is 8.27. The van der Waals surface area contributed by atoms with E-state index in [1.54, 1.807) is 11.1 Å². The molecular weight excluding hydrogens is 140 g/mol. The number of hydrogen-bond donors (Lipinski definition) is 0. The van der Waals surface area contributed by atoms with Crippen LogP contribution in [-0.2, 0) is 4.79 Å². The lowest BCUT2D eigenvalue weighted by Crippen LogP contribution is -2.32. The maximum Gasteiger partial charge on any atom is 0.268 e. The fourth-order valence-corrected chi connectivity index (χ4v) is 0.919. The van der Waals surface area contributed by atoms with Crippen molar-refractivity contribution in [3.63, 3.8) is 0 Å². The Morgan fingerprint density at radius 2 is 2.36 bits per heavy atom. The number of carbonyl (C=O) groups excluding carboxylic acids is 1. The first-order chi connectivity index (χ1) is 5.22. The SMILES string of the molecule is CC(C)N1C=CCN=CC1=O. The molecule has 0 saturated heterocycles. The first-order valence-corrected chi connectivity index (χ1v) is 3.70. The molecule has 1 amide bonds. The molecule has 60 valence electrons. The van der Waals surface area contributed by atoms with Crippen LogP contribution in [0.25, 0.3) is 0 Å². The van der Waals surface area contributed by atoms with Crippen molar-refractivity contribution in [1.82, 2.24) is 4.90 Å². The minimum Gasteiger partial charge on any atom is -0.312 e. The maximum atomic E-state index is 11.2. The zero-order valence-corrected chi connectivity index (χ0v) is 6.82. The fourth-order valence-electron chi connectivity index (χ4n) is 0.919. The third-order valence-corrected chi connectivity index (χ3v) is 1.49. The van der Waals surface area contributed by atoms with Gasteiger partial charge in [-0.3, -0.25) is 9.79 Å². The lowest BCUT2D eigenvalue weighted by Gasteiger charge is -2.19. The van der Waals surface area contributed by atoms with Gasteiger partial charge >= 0.3 is 0 Å². The average molecular weight is 152 g/mol. The van der Waals surface area contributed by atoms with Crippen LogP contribution >= 0.6 is 0 Å². The second-order valence-corrected chi connectivity index (χ2v) is 2.72. The summed E-state index contributed by atoms with van der Waals surface area (Å²) in [4.78, 5) is 16.7. The smallest absolute Gasteiger partial charge is 0.268 e. The first-order valence-electron chi connectivity index (χ1n) is 3.70. The van der Waals surface area contributed by atoms with Gasteiger partial charge in [0.25, 0.3) is 5.91 Å². The van der Waals surface area contributed by atoms with Gasteiger partial charge in [-0.05, 0) is 19.9 Å². The molecule has 0 aromatic rings. The van der Waals surface area contributed by atoms with Gasteiger partial charge in [0.05, 0.1) is 12.8 Å². The van der Waals surface area contributed by atoms with E-state index in [1.807, 2.05) is 19.9 Å². The number of rotatable bonds is 1. The second-order valence-electron chi connectivity index (χ2n) is 2.72. The molecule has 1 aliphatic rings. The summed E-state index contributed by atoms with van der Waals surface area (Å²) in [5, 5.41) is 0. The Bertz CT molecular complexity index is 206. The maximum absolute atomic E-state index is 11.2. The fraction of sp³-hybridized carbons (Fsp3) is 0.500. The second kappa shape index (κ2) is 3.32. The summed E-state index contributed by atoms with van der Waals surface area (Å²) >= 11 is 0. The van der Waals surface area contributed by atoms with Crippen molar-refractivity contribution < 1.29 is 4.79 Å². The van der Waals surface area contributed by atoms with Crippen molar-refractivity contribution in [3.05, 3.63) is 12.3 Å². The molecule has 0 bridgehead atoms. The molecule has 0 spiro atoms. The van der Waals surface area contributed by atoms with Crippen LogP contribution < -0.4 is 0 Å². The Morgan fingerprint density at radius 1 is 1.64 bits per heavy atom. The summed E-state index contributed by atoms with van der Waals surface area (Å²) in [5.41, 5.74) is 0. The summed E-state index contributed by atoms with van der Waals surface area (Å²) in [7, 11) is 0. The molecule has 3 nitrogen and oxygen atoms in total. The Balaban J connectivity index is 2.76.